The van der Waals surface area contributed by atoms with Gasteiger partial charge in [-0.25, -0.2) is 14.4 Å². The molecule has 2 N–H and O–H groups in total. The molecule has 4 fully saturated rings. The Hall–Kier alpha value is -1.59. The van der Waals surface area contributed by atoms with Crippen LogP contribution < -0.4 is 0 Å². The zero-order chi connectivity index (χ0) is 25.2. The molecule has 4 saturated carbocycles. The van der Waals surface area contributed by atoms with Gasteiger partial charge in [0.05, 0.1) is 12.2 Å². The Balaban J connectivity index is 1.17. The third-order valence-corrected chi connectivity index (χ3v) is 11.9. The van der Waals surface area contributed by atoms with Crippen molar-refractivity contribution in [2.75, 3.05) is 0 Å². The molecule has 0 aliphatic heterocycles. The second-order valence-electron chi connectivity index (χ2n) is 13.4. The van der Waals surface area contributed by atoms with E-state index in [9.17, 15) is 14.6 Å². The molecule has 196 valence electrons. The molecule has 4 aliphatic carbocycles. The summed E-state index contributed by atoms with van der Waals surface area (Å²) in [5, 5.41) is 22.5. The minimum Gasteiger partial charge on any atom is -0.393 e. The van der Waals surface area contributed by atoms with E-state index in [1.54, 1.807) is 12.3 Å². The Morgan fingerprint density at radius 2 is 1.81 bits per heavy atom. The molecule has 4 aliphatic rings. The van der Waals surface area contributed by atoms with E-state index < -0.39 is 0 Å². The molecule has 0 saturated heterocycles. The Morgan fingerprint density at radius 1 is 1.03 bits per heavy atom. The van der Waals surface area contributed by atoms with Gasteiger partial charge in [-0.05, 0) is 110 Å². The first-order valence-corrected chi connectivity index (χ1v) is 14.5. The molecule has 0 radical (unpaired) electrons. The van der Waals surface area contributed by atoms with Crippen LogP contribution in [0.1, 0.15) is 84.4 Å². The van der Waals surface area contributed by atoms with Crippen molar-refractivity contribution >= 4 is 10.9 Å². The number of nitrogens with zero attached hydrogens (tertiary/aromatic N) is 2. The largest absolute Gasteiger partial charge is 0.393 e. The molecule has 0 spiro atoms. The molecule has 1 aromatic heterocycles. The summed E-state index contributed by atoms with van der Waals surface area (Å²) in [6.07, 6.45) is 11.9. The van der Waals surface area contributed by atoms with Crippen LogP contribution >= 0.6 is 0 Å². The highest BCUT2D eigenvalue weighted by atomic mass is 19.1. The molecule has 1 heterocycles. The van der Waals surface area contributed by atoms with Gasteiger partial charge in [0.1, 0.15) is 17.2 Å². The van der Waals surface area contributed by atoms with Crippen molar-refractivity contribution in [2.45, 2.75) is 97.2 Å². The normalized spacial score (nSPS) is 43.0. The molecule has 36 heavy (non-hydrogen) atoms. The summed E-state index contributed by atoms with van der Waals surface area (Å²) in [5.41, 5.74) is 0.973. The van der Waals surface area contributed by atoms with E-state index in [-0.39, 0.29) is 28.9 Å². The van der Waals surface area contributed by atoms with E-state index in [4.69, 9.17) is 0 Å². The summed E-state index contributed by atoms with van der Waals surface area (Å²) in [7, 11) is 0. The summed E-state index contributed by atoms with van der Waals surface area (Å²) >= 11 is 0. The van der Waals surface area contributed by atoms with Crippen molar-refractivity contribution in [2.24, 2.45) is 46.3 Å². The van der Waals surface area contributed by atoms with Gasteiger partial charge in [-0.1, -0.05) is 32.9 Å². The molecule has 5 heteroatoms. The third-order valence-electron chi connectivity index (χ3n) is 11.9. The SMILES string of the molecule is C[C@H](CCc1ncc2cccc(F)c2n1)[C@H]1CC[C@H]2[C@H]3C(CC[C@]12C)[C@@]1(C)CC[C@@H](O)C[C@H]1C[C@H]3O. The lowest BCUT2D eigenvalue weighted by Crippen LogP contribution is -2.58. The van der Waals surface area contributed by atoms with E-state index >= 15 is 0 Å². The van der Waals surface area contributed by atoms with Crippen LogP contribution in [0.4, 0.5) is 4.39 Å². The number of hydrogen-bond donors (Lipinski definition) is 2. The van der Waals surface area contributed by atoms with Gasteiger partial charge >= 0.3 is 0 Å². The van der Waals surface area contributed by atoms with Crippen LogP contribution in [0.15, 0.2) is 24.4 Å². The first-order chi connectivity index (χ1) is 17.2. The van der Waals surface area contributed by atoms with Crippen LogP contribution in [0.5, 0.6) is 0 Å². The minimum absolute atomic E-state index is 0.180. The van der Waals surface area contributed by atoms with Crippen molar-refractivity contribution in [1.29, 1.82) is 0 Å². The van der Waals surface area contributed by atoms with E-state index in [1.807, 2.05) is 6.07 Å². The number of fused-ring (bicyclic) bond motifs is 6. The van der Waals surface area contributed by atoms with Crippen molar-refractivity contribution in [3.05, 3.63) is 36.0 Å². The lowest BCUT2D eigenvalue weighted by atomic mass is 9.43. The van der Waals surface area contributed by atoms with Crippen molar-refractivity contribution in [3.63, 3.8) is 0 Å². The summed E-state index contributed by atoms with van der Waals surface area (Å²) in [4.78, 5) is 9.08. The molecule has 10 atom stereocenters. The molecular formula is C31H43FN2O2. The smallest absolute Gasteiger partial charge is 0.149 e. The number of aromatic nitrogens is 2. The standard InChI is InChI=1S/C31H43FN2O2/c1-18(7-10-27-33-17-19-5-4-6-25(32)29(19)34-27)22-8-9-23-28-24(12-14-31(22,23)3)30(2)13-11-21(35)15-20(30)16-26(28)36/h4-6,17-18,20-24,26,28,35-36H,7-16H2,1-3H3/t18-,20+,21-,22-,23+,24?,26-,28+,30+,31-/m1/s1. The average Bonchev–Trinajstić information content (AvgIpc) is 3.21. The highest BCUT2D eigenvalue weighted by molar-refractivity contribution is 5.77. The number of rotatable bonds is 4. The van der Waals surface area contributed by atoms with Crippen LogP contribution in [-0.2, 0) is 6.42 Å². The van der Waals surface area contributed by atoms with E-state index in [1.165, 1.54) is 31.7 Å². The maximum Gasteiger partial charge on any atom is 0.149 e. The second kappa shape index (κ2) is 9.01. The molecule has 1 unspecified atom stereocenters. The summed E-state index contributed by atoms with van der Waals surface area (Å²) in [6, 6.07) is 5.03. The van der Waals surface area contributed by atoms with Gasteiger partial charge in [0, 0.05) is 18.0 Å². The van der Waals surface area contributed by atoms with Gasteiger partial charge in [-0.3, -0.25) is 0 Å². The fraction of sp³-hybridized carbons (Fsp3) is 0.742. The van der Waals surface area contributed by atoms with Crippen molar-refractivity contribution in [1.82, 2.24) is 9.97 Å². The molecule has 6 rings (SSSR count). The summed E-state index contributed by atoms with van der Waals surface area (Å²) < 4.78 is 14.2. The number of aliphatic hydroxyl groups excluding tert-OH is 2. The van der Waals surface area contributed by atoms with Gasteiger partial charge in [0.2, 0.25) is 0 Å². The van der Waals surface area contributed by atoms with Gasteiger partial charge in [0.25, 0.3) is 0 Å². The van der Waals surface area contributed by atoms with Crippen LogP contribution in [0.25, 0.3) is 10.9 Å². The zero-order valence-electron chi connectivity index (χ0n) is 22.2. The molecule has 1 aromatic carbocycles. The third kappa shape index (κ3) is 3.83. The Labute approximate surface area is 215 Å². The second-order valence-corrected chi connectivity index (χ2v) is 13.4. The molecule has 4 nitrogen and oxygen atoms in total. The molecule has 0 amide bonds. The lowest BCUT2D eigenvalue weighted by Gasteiger charge is -2.62. The number of halogens is 1. The first-order valence-electron chi connectivity index (χ1n) is 14.5. The predicted molar refractivity (Wildman–Crippen MR) is 140 cm³/mol. The van der Waals surface area contributed by atoms with Crippen LogP contribution in [-0.4, -0.2) is 32.4 Å². The van der Waals surface area contributed by atoms with Gasteiger partial charge in [-0.2, -0.15) is 0 Å². The maximum atomic E-state index is 14.2. The predicted octanol–water partition coefficient (Wildman–Crippen LogP) is 6.33. The Kier molecular flexibility index (Phi) is 6.19. The minimum atomic E-state index is -0.276. The van der Waals surface area contributed by atoms with Crippen LogP contribution in [0.2, 0.25) is 0 Å². The van der Waals surface area contributed by atoms with Crippen molar-refractivity contribution < 1.29 is 14.6 Å². The lowest BCUT2D eigenvalue weighted by molar-refractivity contribution is -0.174. The van der Waals surface area contributed by atoms with Gasteiger partial charge < -0.3 is 10.2 Å². The summed E-state index contributed by atoms with van der Waals surface area (Å²) in [5.74, 6) is 3.71. The first kappa shape index (κ1) is 24.7. The topological polar surface area (TPSA) is 66.2 Å². The van der Waals surface area contributed by atoms with Crippen LogP contribution in [0, 0.1) is 52.2 Å². The Bertz CT molecular complexity index is 1120. The fourth-order valence-electron chi connectivity index (χ4n) is 9.91. The zero-order valence-corrected chi connectivity index (χ0v) is 22.2. The Morgan fingerprint density at radius 3 is 2.64 bits per heavy atom. The average molecular weight is 495 g/mol. The number of aliphatic hydroxyl groups is 2. The van der Waals surface area contributed by atoms with E-state index in [0.717, 1.165) is 49.7 Å². The number of para-hydroxylation sites is 1. The number of benzene rings is 1. The summed E-state index contributed by atoms with van der Waals surface area (Å²) in [6.45, 7) is 7.40. The van der Waals surface area contributed by atoms with Crippen molar-refractivity contribution in [3.8, 4) is 0 Å². The maximum absolute atomic E-state index is 14.2. The number of aryl methyl sites for hydroxylation is 1. The highest BCUT2D eigenvalue weighted by Gasteiger charge is 2.62. The quantitative estimate of drug-likeness (QED) is 0.521. The number of hydrogen-bond acceptors (Lipinski definition) is 4. The van der Waals surface area contributed by atoms with Crippen LogP contribution in [0.3, 0.4) is 0 Å². The van der Waals surface area contributed by atoms with Gasteiger partial charge in [0.15, 0.2) is 0 Å². The molecule has 0 bridgehead atoms. The van der Waals surface area contributed by atoms with E-state index in [2.05, 4.69) is 30.7 Å². The van der Waals surface area contributed by atoms with E-state index in [0.29, 0.717) is 41.0 Å². The molecular weight excluding hydrogens is 451 g/mol. The monoisotopic (exact) mass is 494 g/mol. The fourth-order valence-corrected chi connectivity index (χ4v) is 9.91. The van der Waals surface area contributed by atoms with Gasteiger partial charge in [-0.15, -0.1) is 0 Å². The highest BCUT2D eigenvalue weighted by Crippen LogP contribution is 2.68. The molecule has 2 aromatic rings.